The first kappa shape index (κ1) is 18.3. The highest BCUT2D eigenvalue weighted by Gasteiger charge is 2.48. The quantitative estimate of drug-likeness (QED) is 0.468. The minimum atomic E-state index is -5.70. The van der Waals surface area contributed by atoms with E-state index in [-0.39, 0.29) is 6.42 Å². The molecule has 0 amide bonds. The molecule has 0 aromatic heterocycles. The molecule has 0 aliphatic carbocycles. The molecule has 0 heterocycles. The summed E-state index contributed by atoms with van der Waals surface area (Å²) in [5.74, 6) is -0.840. The van der Waals surface area contributed by atoms with Crippen molar-refractivity contribution in [3.8, 4) is 5.75 Å². The summed E-state index contributed by atoms with van der Waals surface area (Å²) < 4.78 is 67.4. The van der Waals surface area contributed by atoms with Gasteiger partial charge >= 0.3 is 21.6 Å². The first-order valence-electron chi connectivity index (χ1n) is 6.15. The van der Waals surface area contributed by atoms with E-state index >= 15 is 0 Å². The lowest BCUT2D eigenvalue weighted by atomic mass is 9.98. The van der Waals surface area contributed by atoms with E-state index in [4.69, 9.17) is 0 Å². The van der Waals surface area contributed by atoms with Crippen molar-refractivity contribution in [1.29, 1.82) is 0 Å². The lowest BCUT2D eigenvalue weighted by Gasteiger charge is -2.14. The van der Waals surface area contributed by atoms with Gasteiger partial charge in [0, 0.05) is 6.42 Å². The van der Waals surface area contributed by atoms with Crippen molar-refractivity contribution >= 4 is 16.1 Å². The Morgan fingerprint density at radius 1 is 1.18 bits per heavy atom. The van der Waals surface area contributed by atoms with E-state index in [1.807, 2.05) is 0 Å². The molecule has 0 spiro atoms. The van der Waals surface area contributed by atoms with E-state index < -0.39 is 27.3 Å². The number of alkyl halides is 3. The standard InChI is InChI=1S/C13H15F3O5S/c1-8-6-10(21-22(18,19)13(14,15)16)7-9(2)11(8)4-5-12(17)20-3/h6-7H,4-5H2,1-3H3. The van der Waals surface area contributed by atoms with Crippen molar-refractivity contribution < 1.29 is 35.3 Å². The molecule has 1 aromatic rings. The molecule has 0 radical (unpaired) electrons. The van der Waals surface area contributed by atoms with E-state index in [9.17, 15) is 26.4 Å². The molecule has 0 aliphatic rings. The van der Waals surface area contributed by atoms with E-state index in [0.717, 1.165) is 5.56 Å². The Hall–Kier alpha value is -1.77. The lowest BCUT2D eigenvalue weighted by molar-refractivity contribution is -0.140. The predicted octanol–water partition coefficient (Wildman–Crippen LogP) is 2.64. The molecule has 0 saturated carbocycles. The topological polar surface area (TPSA) is 69.7 Å². The summed E-state index contributed by atoms with van der Waals surface area (Å²) in [4.78, 5) is 11.1. The molecule has 0 atom stereocenters. The number of aryl methyl sites for hydroxylation is 2. The van der Waals surface area contributed by atoms with Crippen LogP contribution in [0.2, 0.25) is 0 Å². The van der Waals surface area contributed by atoms with Crippen molar-refractivity contribution in [1.82, 2.24) is 0 Å². The third-order valence-corrected chi connectivity index (χ3v) is 3.94. The highest BCUT2D eigenvalue weighted by Crippen LogP contribution is 2.29. The zero-order chi connectivity index (χ0) is 17.1. The van der Waals surface area contributed by atoms with Gasteiger partial charge in [-0.25, -0.2) is 0 Å². The molecule has 5 nitrogen and oxygen atoms in total. The zero-order valence-electron chi connectivity index (χ0n) is 12.2. The normalized spacial score (nSPS) is 12.1. The molecule has 0 aliphatic heterocycles. The third-order valence-electron chi connectivity index (χ3n) is 2.97. The van der Waals surface area contributed by atoms with Crippen molar-refractivity contribution in [2.24, 2.45) is 0 Å². The Kier molecular flexibility index (Phi) is 5.44. The summed E-state index contributed by atoms with van der Waals surface area (Å²) in [6, 6.07) is 2.37. The summed E-state index contributed by atoms with van der Waals surface area (Å²) in [5.41, 5.74) is -3.71. The van der Waals surface area contributed by atoms with Crippen LogP contribution in [0, 0.1) is 13.8 Å². The maximum atomic E-state index is 12.3. The van der Waals surface area contributed by atoms with Gasteiger partial charge in [-0.1, -0.05) is 0 Å². The number of carbonyl (C=O) groups is 1. The average Bonchev–Trinajstić information content (AvgIpc) is 2.35. The second-order valence-electron chi connectivity index (χ2n) is 4.59. The smallest absolute Gasteiger partial charge is 0.469 e. The summed E-state index contributed by atoms with van der Waals surface area (Å²) in [5, 5.41) is 0. The van der Waals surface area contributed by atoms with Crippen molar-refractivity contribution in [3.05, 3.63) is 28.8 Å². The Balaban J connectivity index is 3.02. The van der Waals surface area contributed by atoms with Crippen LogP contribution >= 0.6 is 0 Å². The number of ether oxygens (including phenoxy) is 1. The fraction of sp³-hybridized carbons (Fsp3) is 0.462. The van der Waals surface area contributed by atoms with Gasteiger partial charge in [-0.2, -0.15) is 21.6 Å². The van der Waals surface area contributed by atoms with Gasteiger partial charge in [-0.05, 0) is 49.1 Å². The molecule has 9 heteroatoms. The van der Waals surface area contributed by atoms with Crippen LogP contribution in [0.25, 0.3) is 0 Å². The Bertz CT molecular complexity index is 642. The number of hydrogen-bond donors (Lipinski definition) is 0. The van der Waals surface area contributed by atoms with Crippen LogP contribution in [0.3, 0.4) is 0 Å². The molecule has 22 heavy (non-hydrogen) atoms. The molecule has 0 fully saturated rings. The molecule has 0 saturated heterocycles. The van der Waals surface area contributed by atoms with Crippen LogP contribution in [0.1, 0.15) is 23.1 Å². The van der Waals surface area contributed by atoms with Crippen LogP contribution in [0.4, 0.5) is 13.2 Å². The van der Waals surface area contributed by atoms with Crippen molar-refractivity contribution in [2.75, 3.05) is 7.11 Å². The van der Waals surface area contributed by atoms with Gasteiger partial charge in [0.05, 0.1) is 7.11 Å². The maximum absolute atomic E-state index is 12.3. The van der Waals surface area contributed by atoms with Gasteiger partial charge in [-0.3, -0.25) is 4.79 Å². The fourth-order valence-corrected chi connectivity index (χ4v) is 2.34. The van der Waals surface area contributed by atoms with Gasteiger partial charge < -0.3 is 8.92 Å². The number of benzene rings is 1. The van der Waals surface area contributed by atoms with Crippen molar-refractivity contribution in [2.45, 2.75) is 32.2 Å². The predicted molar refractivity (Wildman–Crippen MR) is 71.9 cm³/mol. The number of carbonyl (C=O) groups excluding carboxylic acids is 1. The molecule has 0 bridgehead atoms. The summed E-state index contributed by atoms with van der Waals surface area (Å²) in [7, 11) is -4.45. The van der Waals surface area contributed by atoms with Crippen LogP contribution in [0.5, 0.6) is 5.75 Å². The second-order valence-corrected chi connectivity index (χ2v) is 6.13. The number of methoxy groups -OCH3 is 1. The van der Waals surface area contributed by atoms with Gasteiger partial charge in [0.25, 0.3) is 0 Å². The minimum absolute atomic E-state index is 0.110. The van der Waals surface area contributed by atoms with Crippen LogP contribution in [0.15, 0.2) is 12.1 Å². The van der Waals surface area contributed by atoms with Crippen molar-refractivity contribution in [3.63, 3.8) is 0 Å². The lowest BCUT2D eigenvalue weighted by Crippen LogP contribution is -2.28. The van der Waals surface area contributed by atoms with Crippen LogP contribution in [-0.4, -0.2) is 27.0 Å². The van der Waals surface area contributed by atoms with E-state index in [2.05, 4.69) is 8.92 Å². The largest absolute Gasteiger partial charge is 0.534 e. The summed E-state index contributed by atoms with van der Waals surface area (Å²) >= 11 is 0. The van der Waals surface area contributed by atoms with E-state index in [0.29, 0.717) is 17.5 Å². The Morgan fingerprint density at radius 2 is 1.68 bits per heavy atom. The molecule has 1 aromatic carbocycles. The average molecular weight is 340 g/mol. The third kappa shape index (κ3) is 4.36. The molecule has 124 valence electrons. The minimum Gasteiger partial charge on any atom is -0.469 e. The molecule has 0 N–H and O–H groups in total. The summed E-state index contributed by atoms with van der Waals surface area (Å²) in [6.07, 6.45) is 0.440. The number of esters is 1. The molecule has 0 unspecified atom stereocenters. The number of hydrogen-bond acceptors (Lipinski definition) is 5. The van der Waals surface area contributed by atoms with Crippen LogP contribution in [-0.2, 0) is 26.1 Å². The van der Waals surface area contributed by atoms with Gasteiger partial charge in [0.15, 0.2) is 0 Å². The monoisotopic (exact) mass is 340 g/mol. The SMILES string of the molecule is COC(=O)CCc1c(C)cc(OS(=O)(=O)C(F)(F)F)cc1C. The van der Waals surface area contributed by atoms with E-state index in [1.165, 1.54) is 19.2 Å². The van der Waals surface area contributed by atoms with E-state index in [1.54, 1.807) is 13.8 Å². The fourth-order valence-electron chi connectivity index (χ4n) is 1.90. The Morgan fingerprint density at radius 3 is 2.09 bits per heavy atom. The first-order valence-corrected chi connectivity index (χ1v) is 7.56. The first-order chi connectivity index (χ1) is 9.98. The molecule has 1 rings (SSSR count). The highest BCUT2D eigenvalue weighted by atomic mass is 32.2. The Labute approximate surface area is 126 Å². The van der Waals surface area contributed by atoms with Gasteiger partial charge in [0.2, 0.25) is 0 Å². The van der Waals surface area contributed by atoms with Crippen LogP contribution < -0.4 is 4.18 Å². The zero-order valence-corrected chi connectivity index (χ0v) is 13.0. The van der Waals surface area contributed by atoms with Gasteiger partial charge in [0.1, 0.15) is 5.75 Å². The maximum Gasteiger partial charge on any atom is 0.534 e. The summed E-state index contributed by atoms with van der Waals surface area (Å²) in [6.45, 7) is 3.18. The second kappa shape index (κ2) is 6.55. The number of rotatable bonds is 5. The highest BCUT2D eigenvalue weighted by molar-refractivity contribution is 7.88. The van der Waals surface area contributed by atoms with Gasteiger partial charge in [-0.15, -0.1) is 0 Å². The molecular weight excluding hydrogens is 325 g/mol. The molecular formula is C13H15F3O5S. The number of halogens is 3.